The lowest BCUT2D eigenvalue weighted by molar-refractivity contribution is 0.834. The van der Waals surface area contributed by atoms with E-state index < -0.39 is 0 Å². The molecule has 22 heavy (non-hydrogen) atoms. The molecule has 0 amide bonds. The molecule has 0 radical (unpaired) electrons. The Morgan fingerprint density at radius 1 is 1.36 bits per heavy atom. The summed E-state index contributed by atoms with van der Waals surface area (Å²) in [5, 5.41) is 1.16. The summed E-state index contributed by atoms with van der Waals surface area (Å²) >= 11 is 17.3. The molecule has 112 valence electrons. The minimum atomic E-state index is 0.563. The van der Waals surface area contributed by atoms with Crippen molar-refractivity contribution in [3.05, 3.63) is 57.2 Å². The molecule has 0 aliphatic heterocycles. The highest BCUT2D eigenvalue weighted by atomic mass is 79.9. The molecule has 0 N–H and O–H groups in total. The second-order valence-corrected chi connectivity index (χ2v) is 7.58. The van der Waals surface area contributed by atoms with Crippen LogP contribution in [0.3, 0.4) is 0 Å². The van der Waals surface area contributed by atoms with E-state index in [1.165, 1.54) is 11.3 Å². The van der Waals surface area contributed by atoms with Gasteiger partial charge >= 0.3 is 0 Å². The maximum Gasteiger partial charge on any atom is 0.160 e. The summed E-state index contributed by atoms with van der Waals surface area (Å²) in [6, 6.07) is 5.39. The lowest BCUT2D eigenvalue weighted by Gasteiger charge is -2.07. The van der Waals surface area contributed by atoms with Gasteiger partial charge in [-0.1, -0.05) is 29.3 Å². The highest BCUT2D eigenvalue weighted by molar-refractivity contribution is 9.11. The molecule has 7 heteroatoms. The first-order valence-electron chi connectivity index (χ1n) is 6.34. The SMILES string of the molecule is C=CCn1ccnc1-c1sc(Br)nc1-c1ccc(Cl)cc1Cl. The number of rotatable bonds is 4. The van der Waals surface area contributed by atoms with Crippen molar-refractivity contribution in [1.29, 1.82) is 0 Å². The highest BCUT2D eigenvalue weighted by Gasteiger charge is 2.19. The Morgan fingerprint density at radius 2 is 2.18 bits per heavy atom. The first kappa shape index (κ1) is 15.7. The third-order valence-corrected chi connectivity index (χ3v) is 5.08. The van der Waals surface area contributed by atoms with Crippen LogP contribution in [0.5, 0.6) is 0 Å². The predicted octanol–water partition coefficient (Wildman–Crippen LogP) is 5.93. The molecule has 0 unspecified atom stereocenters. The van der Waals surface area contributed by atoms with Crippen molar-refractivity contribution in [2.45, 2.75) is 6.54 Å². The van der Waals surface area contributed by atoms with Crippen molar-refractivity contribution in [1.82, 2.24) is 14.5 Å². The van der Waals surface area contributed by atoms with E-state index in [0.29, 0.717) is 16.6 Å². The number of nitrogens with zero attached hydrogens (tertiary/aromatic N) is 3. The number of benzene rings is 1. The first-order valence-corrected chi connectivity index (χ1v) is 8.71. The van der Waals surface area contributed by atoms with Crippen LogP contribution in [0.4, 0.5) is 0 Å². The Hall–Kier alpha value is -1.14. The third-order valence-electron chi connectivity index (χ3n) is 3.03. The van der Waals surface area contributed by atoms with E-state index in [9.17, 15) is 0 Å². The fraction of sp³-hybridized carbons (Fsp3) is 0.0667. The molecule has 2 aromatic heterocycles. The van der Waals surface area contributed by atoms with Crippen LogP contribution in [0, 0.1) is 0 Å². The van der Waals surface area contributed by atoms with Crippen molar-refractivity contribution < 1.29 is 0 Å². The van der Waals surface area contributed by atoms with E-state index in [4.69, 9.17) is 23.2 Å². The van der Waals surface area contributed by atoms with Gasteiger partial charge in [-0.05, 0) is 34.1 Å². The molecule has 0 bridgehead atoms. The van der Waals surface area contributed by atoms with Gasteiger partial charge in [-0.2, -0.15) is 0 Å². The number of aromatic nitrogens is 3. The smallest absolute Gasteiger partial charge is 0.160 e. The molecule has 0 aliphatic rings. The van der Waals surface area contributed by atoms with Crippen LogP contribution in [0.15, 0.2) is 47.2 Å². The molecule has 0 fully saturated rings. The molecule has 3 rings (SSSR count). The molecular formula is C15H10BrCl2N3S. The Bertz CT molecular complexity index is 841. The second kappa shape index (κ2) is 6.54. The lowest BCUT2D eigenvalue weighted by Crippen LogP contribution is -1.97. The van der Waals surface area contributed by atoms with Crippen LogP contribution >= 0.6 is 50.5 Å². The average molecular weight is 415 g/mol. The number of imidazole rings is 1. The molecule has 0 saturated carbocycles. The Labute approximate surface area is 150 Å². The van der Waals surface area contributed by atoms with Gasteiger partial charge in [-0.3, -0.25) is 0 Å². The quantitative estimate of drug-likeness (QED) is 0.495. The van der Waals surface area contributed by atoms with E-state index >= 15 is 0 Å². The van der Waals surface area contributed by atoms with Gasteiger partial charge in [-0.25, -0.2) is 9.97 Å². The number of hydrogen-bond acceptors (Lipinski definition) is 3. The van der Waals surface area contributed by atoms with Gasteiger partial charge in [0.15, 0.2) is 9.74 Å². The summed E-state index contributed by atoms with van der Waals surface area (Å²) in [5.41, 5.74) is 1.62. The van der Waals surface area contributed by atoms with Crippen molar-refractivity contribution in [3.63, 3.8) is 0 Å². The largest absolute Gasteiger partial charge is 0.326 e. The van der Waals surface area contributed by atoms with Crippen LogP contribution in [0.25, 0.3) is 22.0 Å². The van der Waals surface area contributed by atoms with Crippen LogP contribution in [0.1, 0.15) is 0 Å². The van der Waals surface area contributed by atoms with Gasteiger partial charge in [0.25, 0.3) is 0 Å². The molecule has 0 aliphatic carbocycles. The standard InChI is InChI=1S/C15H10BrCl2N3S/c1-2-6-21-7-5-19-14(21)13-12(20-15(16)22-13)10-4-3-9(17)8-11(10)18/h2-5,7-8H,1,6H2. The summed E-state index contributed by atoms with van der Waals surface area (Å²) in [6.45, 7) is 4.45. The molecular weight excluding hydrogens is 405 g/mol. The Morgan fingerprint density at radius 3 is 2.91 bits per heavy atom. The normalized spacial score (nSPS) is 10.9. The van der Waals surface area contributed by atoms with Crippen LogP contribution in [-0.2, 0) is 6.54 Å². The topological polar surface area (TPSA) is 30.7 Å². The fourth-order valence-corrected chi connectivity index (χ4v) is 4.09. The van der Waals surface area contributed by atoms with Gasteiger partial charge in [0.05, 0.1) is 15.6 Å². The Balaban J connectivity index is 2.18. The molecule has 2 heterocycles. The van der Waals surface area contributed by atoms with Crippen LogP contribution < -0.4 is 0 Å². The van der Waals surface area contributed by atoms with Gasteiger partial charge < -0.3 is 4.57 Å². The molecule has 0 atom stereocenters. The van der Waals surface area contributed by atoms with E-state index in [-0.39, 0.29) is 0 Å². The number of hydrogen-bond donors (Lipinski definition) is 0. The average Bonchev–Trinajstić information content (AvgIpc) is 3.05. The maximum absolute atomic E-state index is 6.33. The highest BCUT2D eigenvalue weighted by Crippen LogP contribution is 2.41. The van der Waals surface area contributed by atoms with Crippen molar-refractivity contribution in [2.24, 2.45) is 0 Å². The Kier molecular flexibility index (Phi) is 4.68. The summed E-state index contributed by atoms with van der Waals surface area (Å²) in [7, 11) is 0. The monoisotopic (exact) mass is 413 g/mol. The van der Waals surface area contributed by atoms with Crippen molar-refractivity contribution in [2.75, 3.05) is 0 Å². The van der Waals surface area contributed by atoms with Crippen LogP contribution in [-0.4, -0.2) is 14.5 Å². The lowest BCUT2D eigenvalue weighted by atomic mass is 10.1. The fourth-order valence-electron chi connectivity index (χ4n) is 2.11. The minimum absolute atomic E-state index is 0.563. The summed E-state index contributed by atoms with van der Waals surface area (Å²) in [4.78, 5) is 9.95. The zero-order valence-corrected chi connectivity index (χ0v) is 15.2. The summed E-state index contributed by atoms with van der Waals surface area (Å²) in [6.07, 6.45) is 5.51. The maximum atomic E-state index is 6.33. The molecule has 0 spiro atoms. The second-order valence-electron chi connectivity index (χ2n) is 4.46. The third kappa shape index (κ3) is 2.99. The zero-order chi connectivity index (χ0) is 15.7. The number of allylic oxidation sites excluding steroid dienone is 1. The van der Waals surface area contributed by atoms with Crippen molar-refractivity contribution >= 4 is 50.5 Å². The zero-order valence-electron chi connectivity index (χ0n) is 11.3. The number of halogens is 3. The number of thiazole rings is 1. The molecule has 3 aromatic rings. The van der Waals surface area contributed by atoms with Crippen molar-refractivity contribution in [3.8, 4) is 22.0 Å². The first-order chi connectivity index (χ1) is 10.6. The van der Waals surface area contributed by atoms with Gasteiger partial charge in [0, 0.05) is 29.5 Å². The van der Waals surface area contributed by atoms with E-state index in [1.807, 2.05) is 22.9 Å². The molecule has 0 saturated heterocycles. The van der Waals surface area contributed by atoms with E-state index in [2.05, 4.69) is 32.5 Å². The van der Waals surface area contributed by atoms with Gasteiger partial charge in [0.2, 0.25) is 0 Å². The van der Waals surface area contributed by atoms with E-state index in [1.54, 1.807) is 18.3 Å². The molecule has 1 aromatic carbocycles. The summed E-state index contributed by atoms with van der Waals surface area (Å²) < 4.78 is 2.79. The van der Waals surface area contributed by atoms with Gasteiger partial charge in [0.1, 0.15) is 0 Å². The summed E-state index contributed by atoms with van der Waals surface area (Å²) in [5.74, 6) is 0.837. The molecule has 3 nitrogen and oxygen atoms in total. The van der Waals surface area contributed by atoms with E-state index in [0.717, 1.165) is 25.9 Å². The minimum Gasteiger partial charge on any atom is -0.326 e. The van der Waals surface area contributed by atoms with Gasteiger partial charge in [-0.15, -0.1) is 17.9 Å². The predicted molar refractivity (Wildman–Crippen MR) is 96.7 cm³/mol. The van der Waals surface area contributed by atoms with Crippen LogP contribution in [0.2, 0.25) is 10.0 Å².